The largest absolute Gasteiger partial charge is 0.187 e. The highest BCUT2D eigenvalue weighted by Gasteiger charge is 1.65. The Bertz CT molecular complexity index is 58.0. The van der Waals surface area contributed by atoms with E-state index in [4.69, 9.17) is 0 Å². The van der Waals surface area contributed by atoms with Gasteiger partial charge in [0.2, 0.25) is 0 Å². The van der Waals surface area contributed by atoms with Crippen LogP contribution in [-0.2, 0) is 0 Å². The summed E-state index contributed by atoms with van der Waals surface area (Å²) in [4.78, 5) is 0. The van der Waals surface area contributed by atoms with Gasteiger partial charge in [0, 0.05) is 0 Å². The van der Waals surface area contributed by atoms with Gasteiger partial charge in [0.1, 0.15) is 0 Å². The number of rotatable bonds is 0. The smallest absolute Gasteiger partial charge is 0.106 e. The molecule has 0 spiro atoms. The third kappa shape index (κ3) is 0.646. The van der Waals surface area contributed by atoms with Crippen LogP contribution in [0, 0.1) is 6.42 Å². The Morgan fingerprint density at radius 3 is 2.00 bits per heavy atom. The second-order valence-electron chi connectivity index (χ2n) is 1.21. The van der Waals surface area contributed by atoms with E-state index < -0.39 is 0 Å². The summed E-state index contributed by atoms with van der Waals surface area (Å²) in [5.74, 6) is 0. The third-order valence-corrected chi connectivity index (χ3v) is 0.700. The summed E-state index contributed by atoms with van der Waals surface area (Å²) in [5.41, 5.74) is 0. The molecule has 0 aliphatic heterocycles. The monoisotopic (exact) mass is 78.0 g/mol. The predicted octanol–water partition coefficient (Wildman–Crippen LogP) is 1.58. The maximum absolute atomic E-state index is 2.92. The summed E-state index contributed by atoms with van der Waals surface area (Å²) >= 11 is 0. The Labute approximate surface area is 38.2 Å². The first kappa shape index (κ1) is 3.54. The van der Waals surface area contributed by atoms with Crippen molar-refractivity contribution in [3.63, 3.8) is 0 Å². The number of hydrogen-bond acceptors (Lipinski definition) is 0. The van der Waals surface area contributed by atoms with Crippen LogP contribution in [0.25, 0.3) is 0 Å². The highest BCUT2D eigenvalue weighted by atomic mass is 13.8. The van der Waals surface area contributed by atoms with Crippen LogP contribution in [-0.4, -0.2) is 0 Å². The fourth-order valence-corrected chi connectivity index (χ4v) is 0.406. The van der Waals surface area contributed by atoms with Crippen molar-refractivity contribution >= 4 is 0 Å². The molecule has 1 aliphatic rings. The quantitative estimate of drug-likeness (QED) is 0.386. The summed E-state index contributed by atoms with van der Waals surface area (Å²) in [7, 11) is 0. The molecular formula is C6H6-. The Balaban J connectivity index is 2.40. The highest BCUT2D eigenvalue weighted by Crippen LogP contribution is 1.95. The molecule has 1 radical (unpaired) electrons. The summed E-state index contributed by atoms with van der Waals surface area (Å²) in [6.07, 6.45) is 12.0. The lowest BCUT2D eigenvalue weighted by molar-refractivity contribution is 1.34. The van der Waals surface area contributed by atoms with Gasteiger partial charge in [0.15, 0.2) is 0 Å². The van der Waals surface area contributed by atoms with Gasteiger partial charge in [-0.05, 0) is 0 Å². The van der Waals surface area contributed by atoms with Gasteiger partial charge < -0.3 is 0 Å². The maximum Gasteiger partial charge on any atom is -0.106 e. The molecule has 0 aromatic rings. The zero-order valence-electron chi connectivity index (χ0n) is 3.52. The van der Waals surface area contributed by atoms with Crippen LogP contribution in [0.15, 0.2) is 24.3 Å². The van der Waals surface area contributed by atoms with Gasteiger partial charge in [-0.25, -0.2) is 0 Å². The first-order valence-electron chi connectivity index (χ1n) is 2.06. The van der Waals surface area contributed by atoms with E-state index >= 15 is 0 Å². The van der Waals surface area contributed by atoms with Crippen LogP contribution in [0.2, 0.25) is 0 Å². The third-order valence-electron chi connectivity index (χ3n) is 0.700. The van der Waals surface area contributed by atoms with E-state index in [1.165, 1.54) is 0 Å². The van der Waals surface area contributed by atoms with Gasteiger partial charge >= 0.3 is 0 Å². The van der Waals surface area contributed by atoms with Gasteiger partial charge in [-0.15, -0.1) is 6.42 Å². The zero-order valence-corrected chi connectivity index (χ0v) is 3.52. The van der Waals surface area contributed by atoms with E-state index in [0.29, 0.717) is 0 Å². The van der Waals surface area contributed by atoms with Crippen LogP contribution in [0.5, 0.6) is 0 Å². The van der Waals surface area contributed by atoms with Crippen molar-refractivity contribution < 1.29 is 0 Å². The van der Waals surface area contributed by atoms with Gasteiger partial charge in [0.05, 0.1) is 0 Å². The van der Waals surface area contributed by atoms with Crippen molar-refractivity contribution in [2.24, 2.45) is 0 Å². The Morgan fingerprint density at radius 2 is 1.83 bits per heavy atom. The second kappa shape index (κ2) is 1.71. The average molecular weight is 78.1 g/mol. The molecule has 6 heavy (non-hydrogen) atoms. The molecule has 1 aliphatic carbocycles. The van der Waals surface area contributed by atoms with Crippen molar-refractivity contribution in [1.29, 1.82) is 0 Å². The fourth-order valence-electron chi connectivity index (χ4n) is 0.406. The molecular weight excluding hydrogens is 72.1 g/mol. The van der Waals surface area contributed by atoms with Crippen LogP contribution in [0.4, 0.5) is 0 Å². The van der Waals surface area contributed by atoms with Gasteiger partial charge in [-0.2, -0.15) is 30.7 Å². The van der Waals surface area contributed by atoms with Crippen molar-refractivity contribution in [2.45, 2.75) is 6.42 Å². The van der Waals surface area contributed by atoms with Crippen LogP contribution < -0.4 is 0 Å². The summed E-state index contributed by atoms with van der Waals surface area (Å²) in [6.45, 7) is 0. The molecule has 31 valence electrons. The lowest BCUT2D eigenvalue weighted by atomic mass is 10.2. The van der Waals surface area contributed by atoms with E-state index in [-0.39, 0.29) is 0 Å². The molecule has 0 unspecified atom stereocenters. The molecule has 0 aromatic heterocycles. The van der Waals surface area contributed by atoms with Crippen molar-refractivity contribution in [3.8, 4) is 0 Å². The molecule has 0 N–H and O–H groups in total. The number of hydrogen-bond donors (Lipinski definition) is 0. The standard InChI is InChI=1S/C6H6/c1-2-4-6-5-3-1/h1-2,5-6H,3H2/q-1. The van der Waals surface area contributed by atoms with Crippen LogP contribution in [0.1, 0.15) is 6.42 Å². The van der Waals surface area contributed by atoms with E-state index in [9.17, 15) is 0 Å². The molecule has 0 saturated heterocycles. The van der Waals surface area contributed by atoms with Gasteiger partial charge in [-0.3, -0.25) is 0 Å². The molecule has 0 heterocycles. The van der Waals surface area contributed by atoms with Crippen molar-refractivity contribution in [2.75, 3.05) is 0 Å². The number of allylic oxidation sites excluding steroid dienone is 4. The summed E-state index contributed by atoms with van der Waals surface area (Å²) in [5, 5.41) is 0. The van der Waals surface area contributed by atoms with E-state index in [1.54, 1.807) is 0 Å². The lowest BCUT2D eigenvalue weighted by Crippen LogP contribution is -1.67. The molecule has 0 nitrogen and oxygen atoms in total. The molecule has 0 amide bonds. The van der Waals surface area contributed by atoms with Crippen LogP contribution >= 0.6 is 0 Å². The molecule has 0 bridgehead atoms. The minimum absolute atomic E-state index is 1.08. The lowest BCUT2D eigenvalue weighted by Gasteiger charge is -1.98. The van der Waals surface area contributed by atoms with Crippen molar-refractivity contribution in [3.05, 3.63) is 30.7 Å². The van der Waals surface area contributed by atoms with Gasteiger partial charge in [0.25, 0.3) is 0 Å². The normalized spacial score (nSPS) is 17.3. The minimum atomic E-state index is 1.08. The van der Waals surface area contributed by atoms with Crippen molar-refractivity contribution in [1.82, 2.24) is 0 Å². The summed E-state index contributed by atoms with van der Waals surface area (Å²) in [6, 6.07) is 0. The average Bonchev–Trinajstić information content (AvgIpc) is 1.72. The molecule has 0 fully saturated rings. The molecule has 0 atom stereocenters. The summed E-state index contributed by atoms with van der Waals surface area (Å²) < 4.78 is 0. The zero-order chi connectivity index (χ0) is 4.24. The molecule has 1 rings (SSSR count). The Kier molecular flexibility index (Phi) is 1.01. The predicted molar refractivity (Wildman–Crippen MR) is 26.1 cm³/mol. The Hall–Kier alpha value is -0.650. The second-order valence-corrected chi connectivity index (χ2v) is 1.21. The van der Waals surface area contributed by atoms with E-state index in [1.807, 2.05) is 12.2 Å². The van der Waals surface area contributed by atoms with E-state index in [2.05, 4.69) is 18.6 Å². The SMILES string of the molecule is [C-]1C=CCC=C1. The van der Waals surface area contributed by atoms with E-state index in [0.717, 1.165) is 6.42 Å². The maximum atomic E-state index is 2.92. The molecule has 0 heteroatoms. The molecule has 0 saturated carbocycles. The van der Waals surface area contributed by atoms with Gasteiger partial charge in [-0.1, -0.05) is 0 Å². The topological polar surface area (TPSA) is 0 Å². The minimum Gasteiger partial charge on any atom is -0.187 e. The molecule has 0 aromatic carbocycles. The Morgan fingerprint density at radius 1 is 1.17 bits per heavy atom. The van der Waals surface area contributed by atoms with Crippen LogP contribution in [0.3, 0.4) is 0 Å². The fraction of sp³-hybridized carbons (Fsp3) is 0.167. The first-order valence-corrected chi connectivity index (χ1v) is 2.06. The highest BCUT2D eigenvalue weighted by molar-refractivity contribution is 5.14. The first-order chi connectivity index (χ1) is 3.00.